The predicted octanol–water partition coefficient (Wildman–Crippen LogP) is 3.92. The number of benzene rings is 2. The van der Waals surface area contributed by atoms with Crippen molar-refractivity contribution < 1.29 is 18.3 Å². The Morgan fingerprint density at radius 3 is 2.64 bits per heavy atom. The first-order valence-electron chi connectivity index (χ1n) is 9.03. The molecule has 0 amide bonds. The average Bonchev–Trinajstić information content (AvgIpc) is 3.22. The van der Waals surface area contributed by atoms with Crippen LogP contribution in [0.25, 0.3) is 0 Å². The van der Waals surface area contributed by atoms with Gasteiger partial charge < -0.3 is 20.1 Å². The van der Waals surface area contributed by atoms with Gasteiger partial charge in [-0.05, 0) is 43.2 Å². The SMILES string of the molecule is CCNC(=NCc1ccc2c(c1)OCO2)NC1CC1c1c(F)cccc1F.I. The second-order valence-electron chi connectivity index (χ2n) is 6.61. The van der Waals surface area contributed by atoms with E-state index in [1.807, 2.05) is 25.1 Å². The van der Waals surface area contributed by atoms with Gasteiger partial charge >= 0.3 is 0 Å². The molecule has 150 valence electrons. The Morgan fingerprint density at radius 2 is 1.89 bits per heavy atom. The van der Waals surface area contributed by atoms with Gasteiger partial charge in [0.25, 0.3) is 0 Å². The summed E-state index contributed by atoms with van der Waals surface area (Å²) < 4.78 is 38.6. The summed E-state index contributed by atoms with van der Waals surface area (Å²) in [6.45, 7) is 3.36. The van der Waals surface area contributed by atoms with E-state index in [1.165, 1.54) is 18.2 Å². The molecule has 2 atom stereocenters. The highest BCUT2D eigenvalue weighted by atomic mass is 127. The zero-order valence-electron chi connectivity index (χ0n) is 15.4. The lowest BCUT2D eigenvalue weighted by molar-refractivity contribution is 0.174. The van der Waals surface area contributed by atoms with E-state index < -0.39 is 11.6 Å². The van der Waals surface area contributed by atoms with Crippen LogP contribution in [0.4, 0.5) is 8.78 Å². The van der Waals surface area contributed by atoms with Crippen molar-refractivity contribution in [2.24, 2.45) is 4.99 Å². The van der Waals surface area contributed by atoms with Crippen molar-refractivity contribution in [1.82, 2.24) is 10.6 Å². The van der Waals surface area contributed by atoms with Crippen LogP contribution in [0.1, 0.15) is 30.4 Å². The van der Waals surface area contributed by atoms with Gasteiger partial charge in [-0.15, -0.1) is 24.0 Å². The van der Waals surface area contributed by atoms with Gasteiger partial charge in [-0.3, -0.25) is 0 Å². The number of hydrogen-bond donors (Lipinski definition) is 2. The van der Waals surface area contributed by atoms with Crippen molar-refractivity contribution in [3.8, 4) is 11.5 Å². The van der Waals surface area contributed by atoms with Crippen LogP contribution in [0, 0.1) is 11.6 Å². The Labute approximate surface area is 179 Å². The van der Waals surface area contributed by atoms with Crippen LogP contribution in [0.2, 0.25) is 0 Å². The minimum atomic E-state index is -0.494. The molecule has 5 nitrogen and oxygen atoms in total. The summed E-state index contributed by atoms with van der Waals surface area (Å²) in [5, 5.41) is 6.44. The third-order valence-corrected chi connectivity index (χ3v) is 4.68. The van der Waals surface area contributed by atoms with E-state index in [1.54, 1.807) is 0 Å². The molecule has 2 aromatic rings. The van der Waals surface area contributed by atoms with Crippen LogP contribution in [-0.4, -0.2) is 25.3 Å². The zero-order chi connectivity index (χ0) is 18.8. The van der Waals surface area contributed by atoms with E-state index in [-0.39, 0.29) is 48.3 Å². The molecular weight excluding hydrogens is 479 g/mol. The minimum Gasteiger partial charge on any atom is -0.454 e. The summed E-state index contributed by atoms with van der Waals surface area (Å²) in [4.78, 5) is 4.57. The highest BCUT2D eigenvalue weighted by molar-refractivity contribution is 14.0. The first kappa shape index (κ1) is 20.6. The molecule has 1 aliphatic heterocycles. The summed E-state index contributed by atoms with van der Waals surface area (Å²) in [5.41, 5.74) is 1.14. The van der Waals surface area contributed by atoms with Gasteiger partial charge in [0.1, 0.15) is 11.6 Å². The predicted molar refractivity (Wildman–Crippen MR) is 113 cm³/mol. The molecule has 4 rings (SSSR count). The Bertz CT molecular complexity index is 858. The third-order valence-electron chi connectivity index (χ3n) is 4.68. The first-order chi connectivity index (χ1) is 13.2. The Morgan fingerprint density at radius 1 is 1.14 bits per heavy atom. The van der Waals surface area contributed by atoms with Crippen molar-refractivity contribution in [3.63, 3.8) is 0 Å². The van der Waals surface area contributed by atoms with Gasteiger partial charge in [-0.2, -0.15) is 0 Å². The number of aliphatic imine (C=N–C) groups is 1. The lowest BCUT2D eigenvalue weighted by atomic mass is 10.1. The molecular formula is C20H22F2IN3O2. The molecule has 1 heterocycles. The van der Waals surface area contributed by atoms with Crippen molar-refractivity contribution in [3.05, 3.63) is 59.2 Å². The molecule has 2 aliphatic rings. The summed E-state index contributed by atoms with van der Waals surface area (Å²) in [5.74, 6) is 0.914. The fourth-order valence-electron chi connectivity index (χ4n) is 3.24. The highest BCUT2D eigenvalue weighted by Gasteiger charge is 2.42. The van der Waals surface area contributed by atoms with Crippen molar-refractivity contribution in [1.29, 1.82) is 0 Å². The molecule has 0 aromatic heterocycles. The number of nitrogens with zero attached hydrogens (tertiary/aromatic N) is 1. The molecule has 2 aromatic carbocycles. The van der Waals surface area contributed by atoms with E-state index in [2.05, 4.69) is 15.6 Å². The Hall–Kier alpha value is -2.10. The Balaban J connectivity index is 0.00000225. The molecule has 2 unspecified atom stereocenters. The van der Waals surface area contributed by atoms with Gasteiger partial charge in [0.05, 0.1) is 6.54 Å². The van der Waals surface area contributed by atoms with E-state index in [0.717, 1.165) is 17.1 Å². The van der Waals surface area contributed by atoms with Crippen LogP contribution in [-0.2, 0) is 6.54 Å². The van der Waals surface area contributed by atoms with Crippen LogP contribution in [0.15, 0.2) is 41.4 Å². The largest absolute Gasteiger partial charge is 0.454 e. The second kappa shape index (κ2) is 8.93. The summed E-state index contributed by atoms with van der Waals surface area (Å²) in [6.07, 6.45) is 0.673. The monoisotopic (exact) mass is 501 g/mol. The van der Waals surface area contributed by atoms with E-state index in [9.17, 15) is 8.78 Å². The maximum absolute atomic E-state index is 13.9. The molecule has 1 saturated carbocycles. The van der Waals surface area contributed by atoms with Crippen molar-refractivity contribution >= 4 is 29.9 Å². The lowest BCUT2D eigenvalue weighted by Gasteiger charge is -2.12. The third kappa shape index (κ3) is 4.48. The fourth-order valence-corrected chi connectivity index (χ4v) is 3.24. The number of nitrogens with one attached hydrogen (secondary N) is 2. The molecule has 0 radical (unpaired) electrons. The van der Waals surface area contributed by atoms with Gasteiger partial charge in [-0.25, -0.2) is 13.8 Å². The number of ether oxygens (including phenoxy) is 2. The number of hydrogen-bond acceptors (Lipinski definition) is 3. The summed E-state index contributed by atoms with van der Waals surface area (Å²) in [6, 6.07) is 9.66. The van der Waals surface area contributed by atoms with Crippen molar-refractivity contribution in [2.75, 3.05) is 13.3 Å². The lowest BCUT2D eigenvalue weighted by Crippen LogP contribution is -2.39. The van der Waals surface area contributed by atoms with Crippen LogP contribution >= 0.6 is 24.0 Å². The number of rotatable bonds is 5. The normalized spacial score (nSPS) is 19.8. The molecule has 0 spiro atoms. The topological polar surface area (TPSA) is 54.9 Å². The summed E-state index contributed by atoms with van der Waals surface area (Å²) >= 11 is 0. The van der Waals surface area contributed by atoms with E-state index in [0.29, 0.717) is 25.5 Å². The maximum atomic E-state index is 13.9. The number of fused-ring (bicyclic) bond motifs is 1. The van der Waals surface area contributed by atoms with Crippen LogP contribution < -0.4 is 20.1 Å². The van der Waals surface area contributed by atoms with E-state index in [4.69, 9.17) is 9.47 Å². The fraction of sp³-hybridized carbons (Fsp3) is 0.350. The standard InChI is InChI=1S/C20H21F2N3O2.HI/c1-2-23-20(24-10-12-6-7-17-18(8-12)27-11-26-17)25-16-9-13(16)19-14(21)4-3-5-15(19)22;/h3-8,13,16H,2,9-11H2,1H3,(H2,23,24,25);1H. The molecule has 0 saturated heterocycles. The average molecular weight is 501 g/mol. The smallest absolute Gasteiger partial charge is 0.231 e. The molecule has 0 bridgehead atoms. The van der Waals surface area contributed by atoms with Crippen molar-refractivity contribution in [2.45, 2.75) is 31.8 Å². The number of halogens is 3. The molecule has 1 aliphatic carbocycles. The van der Waals surface area contributed by atoms with Gasteiger partial charge in [0.2, 0.25) is 6.79 Å². The second-order valence-corrected chi connectivity index (χ2v) is 6.61. The summed E-state index contributed by atoms with van der Waals surface area (Å²) in [7, 11) is 0. The van der Waals surface area contributed by atoms with Crippen LogP contribution in [0.3, 0.4) is 0 Å². The molecule has 28 heavy (non-hydrogen) atoms. The van der Waals surface area contributed by atoms with Gasteiger partial charge in [0.15, 0.2) is 17.5 Å². The van der Waals surface area contributed by atoms with Crippen LogP contribution in [0.5, 0.6) is 11.5 Å². The zero-order valence-corrected chi connectivity index (χ0v) is 17.7. The van der Waals surface area contributed by atoms with E-state index >= 15 is 0 Å². The first-order valence-corrected chi connectivity index (χ1v) is 9.03. The maximum Gasteiger partial charge on any atom is 0.231 e. The van der Waals surface area contributed by atoms with Gasteiger partial charge in [-0.1, -0.05) is 12.1 Å². The Kier molecular flexibility index (Phi) is 6.58. The highest BCUT2D eigenvalue weighted by Crippen LogP contribution is 2.43. The number of guanidine groups is 1. The molecule has 1 fully saturated rings. The minimum absolute atomic E-state index is 0. The molecule has 2 N–H and O–H groups in total. The quantitative estimate of drug-likeness (QED) is 0.371. The molecule has 8 heteroatoms. The van der Waals surface area contributed by atoms with Gasteiger partial charge in [0, 0.05) is 24.1 Å².